The topological polar surface area (TPSA) is 21.3 Å². The van der Waals surface area contributed by atoms with E-state index in [1.807, 2.05) is 0 Å². The normalized spacial score (nSPS) is 22.0. The number of para-hydroxylation sites is 1. The van der Waals surface area contributed by atoms with E-state index in [1.165, 1.54) is 16.7 Å². The molecule has 3 aliphatic rings. The highest BCUT2D eigenvalue weighted by Crippen LogP contribution is 2.60. The van der Waals surface area contributed by atoms with Gasteiger partial charge in [-0.2, -0.15) is 0 Å². The summed E-state index contributed by atoms with van der Waals surface area (Å²) in [7, 11) is 0. The van der Waals surface area contributed by atoms with Gasteiger partial charge < -0.3 is 10.1 Å². The summed E-state index contributed by atoms with van der Waals surface area (Å²) < 4.78 is 8.62. The van der Waals surface area contributed by atoms with E-state index in [1.54, 1.807) is 0 Å². The minimum Gasteiger partial charge on any atom is -0.485 e. The minimum atomic E-state index is -0.357. The SMILES string of the molecule is Brc1ccc2c(c1)C1(c3cc(Br)ccc3N2)c2ccccc2OC2C=CC=CC21. The van der Waals surface area contributed by atoms with Crippen molar-refractivity contribution in [1.82, 2.24) is 0 Å². The maximum absolute atomic E-state index is 6.47. The monoisotopic (exact) mass is 505 g/mol. The molecule has 1 spiro atoms. The molecule has 1 aliphatic carbocycles. The highest BCUT2D eigenvalue weighted by atomic mass is 79.9. The largest absolute Gasteiger partial charge is 0.485 e. The standard InChI is InChI=1S/C25H17Br2NO/c26-15-9-11-21-19(13-15)25(20-14-16(27)10-12-22(20)28-21)17-5-1-3-7-23(17)29-24-8-4-2-6-18(24)25/h1-14,17,23,28H. The number of fused-ring (bicyclic) bond motifs is 8. The maximum Gasteiger partial charge on any atom is 0.125 e. The average Bonchev–Trinajstić information content (AvgIpc) is 2.74. The summed E-state index contributed by atoms with van der Waals surface area (Å²) in [6.07, 6.45) is 8.71. The number of nitrogens with one attached hydrogen (secondary N) is 1. The molecule has 0 fully saturated rings. The van der Waals surface area contributed by atoms with Gasteiger partial charge in [0.2, 0.25) is 0 Å². The Bertz CT molecular complexity index is 1160. The Hall–Kier alpha value is -2.30. The Labute approximate surface area is 186 Å². The van der Waals surface area contributed by atoms with Crippen molar-refractivity contribution in [3.8, 4) is 5.75 Å². The molecule has 2 atom stereocenters. The molecule has 4 heteroatoms. The minimum absolute atomic E-state index is 0.0216. The summed E-state index contributed by atoms with van der Waals surface area (Å²) in [4.78, 5) is 0. The third-order valence-electron chi connectivity index (χ3n) is 6.24. The van der Waals surface area contributed by atoms with E-state index in [-0.39, 0.29) is 17.4 Å². The zero-order valence-corrected chi connectivity index (χ0v) is 18.6. The Morgan fingerprint density at radius 2 is 1.41 bits per heavy atom. The summed E-state index contributed by atoms with van der Waals surface area (Å²) >= 11 is 7.45. The smallest absolute Gasteiger partial charge is 0.125 e. The predicted octanol–water partition coefficient (Wildman–Crippen LogP) is 7.11. The highest BCUT2D eigenvalue weighted by Gasteiger charge is 2.54. The van der Waals surface area contributed by atoms with Gasteiger partial charge in [0.25, 0.3) is 0 Å². The van der Waals surface area contributed by atoms with Crippen molar-refractivity contribution in [3.05, 3.63) is 111 Å². The van der Waals surface area contributed by atoms with Crippen molar-refractivity contribution >= 4 is 43.2 Å². The first-order chi connectivity index (χ1) is 14.2. The van der Waals surface area contributed by atoms with Gasteiger partial charge in [-0.1, -0.05) is 68.3 Å². The second-order valence-corrected chi connectivity index (χ2v) is 9.52. The van der Waals surface area contributed by atoms with Crippen LogP contribution in [0.4, 0.5) is 11.4 Å². The van der Waals surface area contributed by atoms with Crippen LogP contribution in [-0.2, 0) is 5.41 Å². The van der Waals surface area contributed by atoms with Gasteiger partial charge in [-0.15, -0.1) is 0 Å². The fourth-order valence-corrected chi connectivity index (χ4v) is 5.88. The lowest BCUT2D eigenvalue weighted by Crippen LogP contribution is -2.50. The molecule has 0 saturated heterocycles. The lowest BCUT2D eigenvalue weighted by Gasteiger charge is -2.51. The molecule has 3 aromatic carbocycles. The van der Waals surface area contributed by atoms with Crippen molar-refractivity contribution in [3.63, 3.8) is 0 Å². The summed E-state index contributed by atoms with van der Waals surface area (Å²) in [6, 6.07) is 21.5. The third-order valence-corrected chi connectivity index (χ3v) is 7.23. The van der Waals surface area contributed by atoms with Gasteiger partial charge in [0.1, 0.15) is 11.9 Å². The van der Waals surface area contributed by atoms with Gasteiger partial charge in [0.15, 0.2) is 0 Å². The average molecular weight is 507 g/mol. The van der Waals surface area contributed by atoms with Crippen molar-refractivity contribution in [2.24, 2.45) is 5.92 Å². The van der Waals surface area contributed by atoms with E-state index in [9.17, 15) is 0 Å². The molecule has 142 valence electrons. The molecule has 0 saturated carbocycles. The molecule has 29 heavy (non-hydrogen) atoms. The molecular weight excluding hydrogens is 490 g/mol. The quantitative estimate of drug-likeness (QED) is 0.351. The van der Waals surface area contributed by atoms with E-state index < -0.39 is 0 Å². The molecule has 2 nitrogen and oxygen atoms in total. The number of hydrogen-bond acceptors (Lipinski definition) is 2. The Kier molecular flexibility index (Phi) is 3.84. The van der Waals surface area contributed by atoms with Crippen LogP contribution in [0, 0.1) is 5.92 Å². The number of rotatable bonds is 0. The van der Waals surface area contributed by atoms with Gasteiger partial charge >= 0.3 is 0 Å². The third kappa shape index (κ3) is 2.39. The van der Waals surface area contributed by atoms with Crippen LogP contribution in [-0.4, -0.2) is 6.10 Å². The van der Waals surface area contributed by atoms with Crippen LogP contribution >= 0.6 is 31.9 Å². The highest BCUT2D eigenvalue weighted by molar-refractivity contribution is 9.10. The number of halogens is 2. The first-order valence-electron chi connectivity index (χ1n) is 9.66. The number of anilines is 2. The van der Waals surface area contributed by atoms with Gasteiger partial charge in [0, 0.05) is 31.8 Å². The summed E-state index contributed by atoms with van der Waals surface area (Å²) in [5.74, 6) is 1.10. The van der Waals surface area contributed by atoms with Crippen LogP contribution in [0.5, 0.6) is 5.75 Å². The zero-order valence-electron chi connectivity index (χ0n) is 15.4. The molecule has 3 aromatic rings. The van der Waals surface area contributed by atoms with E-state index in [4.69, 9.17) is 4.74 Å². The van der Waals surface area contributed by atoms with E-state index in [0.717, 1.165) is 26.1 Å². The van der Waals surface area contributed by atoms with Crippen LogP contribution in [0.1, 0.15) is 16.7 Å². The van der Waals surface area contributed by atoms with E-state index in [2.05, 4.69) is 122 Å². The maximum atomic E-state index is 6.47. The van der Waals surface area contributed by atoms with Gasteiger partial charge in [-0.25, -0.2) is 0 Å². The fraction of sp³-hybridized carbons (Fsp3) is 0.120. The molecule has 0 aromatic heterocycles. The summed E-state index contributed by atoms with van der Waals surface area (Å²) in [6.45, 7) is 0. The van der Waals surface area contributed by atoms with E-state index >= 15 is 0 Å². The van der Waals surface area contributed by atoms with E-state index in [0.29, 0.717) is 0 Å². The zero-order chi connectivity index (χ0) is 19.6. The number of hydrogen-bond donors (Lipinski definition) is 1. The van der Waals surface area contributed by atoms with Crippen molar-refractivity contribution in [2.45, 2.75) is 11.5 Å². The van der Waals surface area contributed by atoms with Crippen LogP contribution in [0.15, 0.2) is 93.9 Å². The van der Waals surface area contributed by atoms with Gasteiger partial charge in [0.05, 0.1) is 5.41 Å². The second-order valence-electron chi connectivity index (χ2n) is 7.69. The molecular formula is C25H17Br2NO. The van der Waals surface area contributed by atoms with Crippen molar-refractivity contribution < 1.29 is 4.74 Å². The molecule has 0 bridgehead atoms. The first kappa shape index (κ1) is 17.5. The summed E-state index contributed by atoms with van der Waals surface area (Å²) in [5, 5.41) is 3.67. The lowest BCUT2D eigenvalue weighted by atomic mass is 9.56. The fourth-order valence-electron chi connectivity index (χ4n) is 5.15. The first-order valence-corrected chi connectivity index (χ1v) is 11.2. The number of allylic oxidation sites excluding steroid dienone is 2. The van der Waals surface area contributed by atoms with Crippen LogP contribution < -0.4 is 10.1 Å². The van der Waals surface area contributed by atoms with Crippen LogP contribution in [0.2, 0.25) is 0 Å². The second kappa shape index (κ2) is 6.35. The molecule has 0 amide bonds. The van der Waals surface area contributed by atoms with Crippen molar-refractivity contribution in [1.29, 1.82) is 0 Å². The van der Waals surface area contributed by atoms with Crippen LogP contribution in [0.3, 0.4) is 0 Å². The lowest BCUT2D eigenvalue weighted by molar-refractivity contribution is 0.140. The molecule has 2 aliphatic heterocycles. The Morgan fingerprint density at radius 3 is 2.14 bits per heavy atom. The molecule has 2 heterocycles. The molecule has 1 N–H and O–H groups in total. The van der Waals surface area contributed by atoms with Gasteiger partial charge in [-0.05, 0) is 59.7 Å². The Morgan fingerprint density at radius 1 is 0.759 bits per heavy atom. The Balaban J connectivity index is 1.80. The number of ether oxygens (including phenoxy) is 1. The number of benzene rings is 3. The summed E-state index contributed by atoms with van der Waals surface area (Å²) in [5.41, 5.74) is 5.67. The molecule has 0 radical (unpaired) electrons. The van der Waals surface area contributed by atoms with Gasteiger partial charge in [-0.3, -0.25) is 0 Å². The molecule has 2 unspecified atom stereocenters. The van der Waals surface area contributed by atoms with Crippen LogP contribution in [0.25, 0.3) is 0 Å². The molecule has 6 rings (SSSR count). The predicted molar refractivity (Wildman–Crippen MR) is 124 cm³/mol. The van der Waals surface area contributed by atoms with Crippen molar-refractivity contribution in [2.75, 3.05) is 5.32 Å².